The van der Waals surface area contributed by atoms with Crippen molar-refractivity contribution in [1.82, 2.24) is 15.1 Å². The van der Waals surface area contributed by atoms with Crippen LogP contribution in [0.2, 0.25) is 0 Å². The van der Waals surface area contributed by atoms with Gasteiger partial charge >= 0.3 is 5.97 Å². The summed E-state index contributed by atoms with van der Waals surface area (Å²) in [7, 11) is 0. The van der Waals surface area contributed by atoms with E-state index < -0.39 is 5.97 Å². The number of halogens is 1. The average Bonchev–Trinajstić information content (AvgIpc) is 2.83. The first kappa shape index (κ1) is 11.2. The predicted octanol–water partition coefficient (Wildman–Crippen LogP) is 2.15. The van der Waals surface area contributed by atoms with E-state index in [4.69, 9.17) is 9.63 Å². The third kappa shape index (κ3) is 2.27. The van der Waals surface area contributed by atoms with Crippen molar-refractivity contribution in [2.24, 2.45) is 0 Å². The lowest BCUT2D eigenvalue weighted by Crippen LogP contribution is -1.99. The monoisotopic (exact) mass is 303 g/mol. The summed E-state index contributed by atoms with van der Waals surface area (Å²) in [5.74, 6) is -0.405. The minimum absolute atomic E-state index is 0.0547. The van der Waals surface area contributed by atoms with Crippen LogP contribution < -0.4 is 0 Å². The van der Waals surface area contributed by atoms with E-state index >= 15 is 0 Å². The molecule has 0 aliphatic rings. The number of thioether (sulfide) groups is 1. The summed E-state index contributed by atoms with van der Waals surface area (Å²) in [5, 5.41) is 13.2. The number of hydrogen-bond acceptors (Lipinski definition) is 5. The standard InChI is InChI=1S/C8H6BrN3O3S/c9-6-5(7(13)14)4(15-12-6)3-16-8-10-1-2-11-8/h1-2H,3H2,(H,10,11)(H,13,14). The fourth-order valence-corrected chi connectivity index (χ4v) is 2.29. The Hall–Kier alpha value is -1.28. The minimum atomic E-state index is -1.07. The lowest BCUT2D eigenvalue weighted by Gasteiger charge is -1.95. The molecule has 0 aliphatic carbocycles. The Labute approximate surface area is 103 Å². The Kier molecular flexibility index (Phi) is 3.30. The second kappa shape index (κ2) is 4.71. The number of carbonyl (C=O) groups is 1. The molecule has 0 amide bonds. The maximum atomic E-state index is 10.9. The van der Waals surface area contributed by atoms with Crippen LogP contribution in [0.5, 0.6) is 0 Å². The normalized spacial score (nSPS) is 10.6. The Morgan fingerprint density at radius 3 is 3.12 bits per heavy atom. The molecule has 0 saturated heterocycles. The highest BCUT2D eigenvalue weighted by atomic mass is 79.9. The molecule has 0 atom stereocenters. The van der Waals surface area contributed by atoms with E-state index in [1.165, 1.54) is 11.8 Å². The largest absolute Gasteiger partial charge is 0.477 e. The van der Waals surface area contributed by atoms with Crippen LogP contribution in [0.25, 0.3) is 0 Å². The molecule has 0 aliphatic heterocycles. The van der Waals surface area contributed by atoms with Crippen molar-refractivity contribution in [2.45, 2.75) is 10.9 Å². The van der Waals surface area contributed by atoms with Crippen molar-refractivity contribution in [3.8, 4) is 0 Å². The van der Waals surface area contributed by atoms with E-state index in [-0.39, 0.29) is 10.2 Å². The summed E-state index contributed by atoms with van der Waals surface area (Å²) < 4.78 is 5.12. The summed E-state index contributed by atoms with van der Waals surface area (Å²) in [5.41, 5.74) is 0.0547. The average molecular weight is 304 g/mol. The molecule has 0 radical (unpaired) electrons. The molecular weight excluding hydrogens is 298 g/mol. The van der Waals surface area contributed by atoms with Crippen molar-refractivity contribution in [3.05, 3.63) is 28.3 Å². The Morgan fingerprint density at radius 1 is 1.69 bits per heavy atom. The number of carboxylic acid groups (broad SMARTS) is 1. The second-order valence-electron chi connectivity index (χ2n) is 2.76. The molecule has 0 bridgehead atoms. The number of aromatic nitrogens is 3. The smallest absolute Gasteiger partial charge is 0.342 e. The van der Waals surface area contributed by atoms with E-state index in [0.717, 1.165) is 0 Å². The molecule has 2 aromatic rings. The van der Waals surface area contributed by atoms with Crippen LogP contribution in [-0.4, -0.2) is 26.2 Å². The van der Waals surface area contributed by atoms with E-state index in [0.29, 0.717) is 16.7 Å². The van der Waals surface area contributed by atoms with Gasteiger partial charge in [0.1, 0.15) is 5.56 Å². The molecular formula is C8H6BrN3O3S. The van der Waals surface area contributed by atoms with Crippen molar-refractivity contribution < 1.29 is 14.4 Å². The molecule has 6 nitrogen and oxygen atoms in total. The number of nitrogens with zero attached hydrogens (tertiary/aromatic N) is 2. The number of nitrogens with one attached hydrogen (secondary N) is 1. The summed E-state index contributed by atoms with van der Waals surface area (Å²) >= 11 is 4.36. The van der Waals surface area contributed by atoms with Crippen LogP contribution in [0, 0.1) is 0 Å². The Balaban J connectivity index is 2.13. The molecule has 0 fully saturated rings. The van der Waals surface area contributed by atoms with E-state index in [1.807, 2.05) is 0 Å². The SMILES string of the molecule is O=C(O)c1c(Br)noc1CSc1ncc[nH]1. The zero-order valence-electron chi connectivity index (χ0n) is 7.81. The van der Waals surface area contributed by atoms with E-state index in [2.05, 4.69) is 31.1 Å². The van der Waals surface area contributed by atoms with Gasteiger partial charge in [0, 0.05) is 12.4 Å². The molecule has 0 aromatic carbocycles. The quantitative estimate of drug-likeness (QED) is 0.841. The van der Waals surface area contributed by atoms with Gasteiger partial charge in [-0.3, -0.25) is 0 Å². The highest BCUT2D eigenvalue weighted by molar-refractivity contribution is 9.10. The summed E-state index contributed by atoms with van der Waals surface area (Å²) in [6.45, 7) is 0. The van der Waals surface area contributed by atoms with Gasteiger partial charge in [0.25, 0.3) is 0 Å². The molecule has 2 N–H and O–H groups in total. The minimum Gasteiger partial charge on any atom is -0.477 e. The lowest BCUT2D eigenvalue weighted by molar-refractivity contribution is 0.0694. The van der Waals surface area contributed by atoms with Gasteiger partial charge < -0.3 is 14.6 Å². The van der Waals surface area contributed by atoms with Gasteiger partial charge in [0.05, 0.1) is 5.75 Å². The molecule has 2 aromatic heterocycles. The highest BCUT2D eigenvalue weighted by Crippen LogP contribution is 2.25. The molecule has 84 valence electrons. The van der Waals surface area contributed by atoms with Crippen LogP contribution >= 0.6 is 27.7 Å². The van der Waals surface area contributed by atoms with Gasteiger partial charge in [-0.1, -0.05) is 16.9 Å². The highest BCUT2D eigenvalue weighted by Gasteiger charge is 2.20. The third-order valence-electron chi connectivity index (χ3n) is 1.75. The van der Waals surface area contributed by atoms with Gasteiger partial charge in [0.2, 0.25) is 0 Å². The number of hydrogen-bond donors (Lipinski definition) is 2. The van der Waals surface area contributed by atoms with Crippen molar-refractivity contribution >= 4 is 33.7 Å². The lowest BCUT2D eigenvalue weighted by atomic mass is 10.3. The Morgan fingerprint density at radius 2 is 2.50 bits per heavy atom. The molecule has 8 heteroatoms. The predicted molar refractivity (Wildman–Crippen MR) is 59.3 cm³/mol. The fraction of sp³-hybridized carbons (Fsp3) is 0.125. The topological polar surface area (TPSA) is 92.0 Å². The number of rotatable bonds is 4. The molecule has 2 heterocycles. The maximum Gasteiger partial charge on any atom is 0.342 e. The zero-order chi connectivity index (χ0) is 11.5. The van der Waals surface area contributed by atoms with E-state index in [9.17, 15) is 4.79 Å². The van der Waals surface area contributed by atoms with Crippen LogP contribution in [0.3, 0.4) is 0 Å². The van der Waals surface area contributed by atoms with Crippen molar-refractivity contribution in [1.29, 1.82) is 0 Å². The van der Waals surface area contributed by atoms with Crippen LogP contribution in [0.15, 0.2) is 26.7 Å². The van der Waals surface area contributed by atoms with Gasteiger partial charge in [-0.2, -0.15) is 0 Å². The number of aromatic carboxylic acids is 1. The molecule has 16 heavy (non-hydrogen) atoms. The number of imidazole rings is 1. The second-order valence-corrected chi connectivity index (χ2v) is 4.47. The Bertz CT molecular complexity index is 497. The number of carboxylic acids is 1. The van der Waals surface area contributed by atoms with Crippen LogP contribution in [0.1, 0.15) is 16.1 Å². The van der Waals surface area contributed by atoms with Crippen LogP contribution in [-0.2, 0) is 5.75 Å². The van der Waals surface area contributed by atoms with Crippen molar-refractivity contribution in [2.75, 3.05) is 0 Å². The first-order valence-corrected chi connectivity index (χ1v) is 5.96. The van der Waals surface area contributed by atoms with Crippen molar-refractivity contribution in [3.63, 3.8) is 0 Å². The summed E-state index contributed by atoms with van der Waals surface area (Å²) in [6.07, 6.45) is 3.31. The zero-order valence-corrected chi connectivity index (χ0v) is 10.2. The fourth-order valence-electron chi connectivity index (χ4n) is 1.07. The summed E-state index contributed by atoms with van der Waals surface area (Å²) in [6, 6.07) is 0. The first-order chi connectivity index (χ1) is 7.68. The first-order valence-electron chi connectivity index (χ1n) is 4.18. The van der Waals surface area contributed by atoms with Gasteiger partial charge in [-0.15, -0.1) is 0 Å². The van der Waals surface area contributed by atoms with Gasteiger partial charge in [-0.25, -0.2) is 9.78 Å². The third-order valence-corrected chi connectivity index (χ3v) is 3.19. The number of aromatic amines is 1. The molecule has 0 unspecified atom stereocenters. The molecule has 0 saturated carbocycles. The van der Waals surface area contributed by atoms with Gasteiger partial charge in [0.15, 0.2) is 15.5 Å². The maximum absolute atomic E-state index is 10.9. The molecule has 2 rings (SSSR count). The van der Waals surface area contributed by atoms with Gasteiger partial charge in [-0.05, 0) is 15.9 Å². The number of H-pyrrole nitrogens is 1. The molecule has 0 spiro atoms. The van der Waals surface area contributed by atoms with E-state index in [1.54, 1.807) is 12.4 Å². The summed E-state index contributed by atoms with van der Waals surface area (Å²) in [4.78, 5) is 17.8. The van der Waals surface area contributed by atoms with Crippen LogP contribution in [0.4, 0.5) is 0 Å².